The lowest BCUT2D eigenvalue weighted by Crippen LogP contribution is -2.40. The lowest BCUT2D eigenvalue weighted by atomic mass is 9.88. The number of hydrogen-bond acceptors (Lipinski definition) is 4. The molecule has 1 aromatic carbocycles. The second kappa shape index (κ2) is 7.19. The first kappa shape index (κ1) is 17.6. The quantitative estimate of drug-likeness (QED) is 0.859. The number of nitrogens with zero attached hydrogens (tertiary/aromatic N) is 1. The van der Waals surface area contributed by atoms with Gasteiger partial charge >= 0.3 is 5.97 Å². The molecule has 6 nitrogen and oxygen atoms in total. The molecular weight excluding hydrogens is 322 g/mol. The van der Waals surface area contributed by atoms with Crippen molar-refractivity contribution in [3.8, 4) is 5.75 Å². The molecular formula is C16H20ClNO5. The van der Waals surface area contributed by atoms with Crippen molar-refractivity contribution < 1.29 is 24.2 Å². The number of carbonyl (C=O) groups excluding carboxylic acids is 1. The Morgan fingerprint density at radius 3 is 2.78 bits per heavy atom. The number of rotatable bonds is 6. The third kappa shape index (κ3) is 3.59. The third-order valence-electron chi connectivity index (χ3n) is 3.99. The minimum atomic E-state index is -1.05. The van der Waals surface area contributed by atoms with Gasteiger partial charge in [-0.1, -0.05) is 11.6 Å². The number of hydrogen-bond donors (Lipinski definition) is 1. The van der Waals surface area contributed by atoms with E-state index in [1.807, 2.05) is 6.92 Å². The van der Waals surface area contributed by atoms with E-state index >= 15 is 0 Å². The molecule has 1 atom stereocenters. The molecule has 1 unspecified atom stereocenters. The second-order valence-corrected chi connectivity index (χ2v) is 6.01. The molecule has 1 fully saturated rings. The zero-order valence-corrected chi connectivity index (χ0v) is 13.9. The Morgan fingerprint density at radius 2 is 2.17 bits per heavy atom. The van der Waals surface area contributed by atoms with Crippen molar-refractivity contribution in [3.05, 3.63) is 28.8 Å². The van der Waals surface area contributed by atoms with Crippen molar-refractivity contribution in [2.75, 3.05) is 33.4 Å². The van der Waals surface area contributed by atoms with Crippen LogP contribution in [0, 0.1) is 5.41 Å². The Bertz CT molecular complexity index is 606. The van der Waals surface area contributed by atoms with Crippen molar-refractivity contribution in [2.45, 2.75) is 13.3 Å². The lowest BCUT2D eigenvalue weighted by molar-refractivity contribution is -0.151. The molecule has 1 heterocycles. The molecule has 1 saturated heterocycles. The fraction of sp³-hybridized carbons (Fsp3) is 0.500. The average Bonchev–Trinajstić information content (AvgIpc) is 2.93. The highest BCUT2D eigenvalue weighted by Crippen LogP contribution is 2.33. The molecule has 1 aromatic rings. The summed E-state index contributed by atoms with van der Waals surface area (Å²) >= 11 is 5.95. The van der Waals surface area contributed by atoms with Crippen LogP contribution in [0.1, 0.15) is 23.7 Å². The minimum Gasteiger partial charge on any atom is -0.493 e. The summed E-state index contributed by atoms with van der Waals surface area (Å²) in [7, 11) is 1.46. The number of benzene rings is 1. The van der Waals surface area contributed by atoms with E-state index in [2.05, 4.69) is 0 Å². The largest absolute Gasteiger partial charge is 0.493 e. The zero-order chi connectivity index (χ0) is 17.0. The highest BCUT2D eigenvalue weighted by atomic mass is 35.5. The van der Waals surface area contributed by atoms with Gasteiger partial charge in [-0.2, -0.15) is 0 Å². The van der Waals surface area contributed by atoms with Crippen LogP contribution >= 0.6 is 11.6 Å². The van der Waals surface area contributed by atoms with Gasteiger partial charge < -0.3 is 19.5 Å². The van der Waals surface area contributed by atoms with Crippen LogP contribution in [-0.4, -0.2) is 55.3 Å². The van der Waals surface area contributed by atoms with Gasteiger partial charge in [-0.25, -0.2) is 0 Å². The maximum atomic E-state index is 12.7. The molecule has 7 heteroatoms. The highest BCUT2D eigenvalue weighted by molar-refractivity contribution is 6.30. The maximum absolute atomic E-state index is 12.7. The molecule has 23 heavy (non-hydrogen) atoms. The summed E-state index contributed by atoms with van der Waals surface area (Å²) in [6.45, 7) is 2.78. The van der Waals surface area contributed by atoms with E-state index < -0.39 is 11.4 Å². The number of carbonyl (C=O) groups is 2. The van der Waals surface area contributed by atoms with Gasteiger partial charge in [0.1, 0.15) is 11.2 Å². The number of halogens is 1. The van der Waals surface area contributed by atoms with Crippen molar-refractivity contribution in [2.24, 2.45) is 5.41 Å². The number of carboxylic acid groups (broad SMARTS) is 1. The standard InChI is InChI=1S/C16H20ClNO5/c1-3-23-13-8-11(17)4-5-12(13)14(19)18-7-6-16(9-18,10-22-2)15(20)21/h4-5,8H,3,6-7,9-10H2,1-2H3,(H,20,21). The SMILES string of the molecule is CCOc1cc(Cl)ccc1C(=O)N1CCC(COC)(C(=O)O)C1. The van der Waals surface area contributed by atoms with Crippen molar-refractivity contribution in [3.63, 3.8) is 0 Å². The fourth-order valence-corrected chi connectivity index (χ4v) is 2.96. The Labute approximate surface area is 139 Å². The van der Waals surface area contributed by atoms with Gasteiger partial charge in [-0.3, -0.25) is 9.59 Å². The van der Waals surface area contributed by atoms with Crippen LogP contribution in [0.2, 0.25) is 5.02 Å². The van der Waals surface area contributed by atoms with Gasteiger partial charge in [-0.15, -0.1) is 0 Å². The predicted octanol–water partition coefficient (Wildman–Crippen LogP) is 2.30. The number of aliphatic carboxylic acids is 1. The number of ether oxygens (including phenoxy) is 2. The topological polar surface area (TPSA) is 76.1 Å². The predicted molar refractivity (Wildman–Crippen MR) is 85.1 cm³/mol. The van der Waals surface area contributed by atoms with Gasteiger partial charge in [-0.05, 0) is 31.5 Å². The molecule has 126 valence electrons. The molecule has 1 N–H and O–H groups in total. The summed E-state index contributed by atoms with van der Waals surface area (Å²) in [6, 6.07) is 4.81. The van der Waals surface area contributed by atoms with E-state index in [4.69, 9.17) is 21.1 Å². The van der Waals surface area contributed by atoms with Gasteiger partial charge in [0, 0.05) is 25.2 Å². The molecule has 2 rings (SSSR count). The summed E-state index contributed by atoms with van der Waals surface area (Å²) in [4.78, 5) is 25.8. The number of carboxylic acids is 1. The van der Waals surface area contributed by atoms with Crippen molar-refractivity contribution in [1.82, 2.24) is 4.90 Å². The molecule has 0 bridgehead atoms. The molecule has 0 saturated carbocycles. The first-order valence-corrected chi connectivity index (χ1v) is 7.75. The van der Waals surface area contributed by atoms with Gasteiger partial charge in [0.2, 0.25) is 0 Å². The zero-order valence-electron chi connectivity index (χ0n) is 13.2. The second-order valence-electron chi connectivity index (χ2n) is 5.57. The van der Waals surface area contributed by atoms with Crippen LogP contribution in [0.3, 0.4) is 0 Å². The molecule has 0 aliphatic carbocycles. The van der Waals surface area contributed by atoms with Crippen molar-refractivity contribution in [1.29, 1.82) is 0 Å². The van der Waals surface area contributed by atoms with Crippen LogP contribution in [0.5, 0.6) is 5.75 Å². The van der Waals surface area contributed by atoms with E-state index in [0.29, 0.717) is 35.9 Å². The summed E-state index contributed by atoms with van der Waals surface area (Å²) in [6.07, 6.45) is 0.361. The van der Waals surface area contributed by atoms with E-state index in [-0.39, 0.29) is 19.1 Å². The Hall–Kier alpha value is -1.79. The molecule has 0 aromatic heterocycles. The smallest absolute Gasteiger partial charge is 0.313 e. The lowest BCUT2D eigenvalue weighted by Gasteiger charge is -2.24. The third-order valence-corrected chi connectivity index (χ3v) is 4.22. The van der Waals surface area contributed by atoms with E-state index in [9.17, 15) is 14.7 Å². The summed E-state index contributed by atoms with van der Waals surface area (Å²) < 4.78 is 10.5. The van der Waals surface area contributed by atoms with Crippen LogP contribution in [0.25, 0.3) is 0 Å². The first-order chi connectivity index (χ1) is 10.9. The van der Waals surface area contributed by atoms with Crippen LogP contribution < -0.4 is 4.74 Å². The molecule has 0 radical (unpaired) electrons. The van der Waals surface area contributed by atoms with Gasteiger partial charge in [0.05, 0.1) is 18.8 Å². The molecule has 1 aliphatic heterocycles. The van der Waals surface area contributed by atoms with Crippen LogP contribution in [0.15, 0.2) is 18.2 Å². The van der Waals surface area contributed by atoms with Gasteiger partial charge in [0.25, 0.3) is 5.91 Å². The van der Waals surface area contributed by atoms with Crippen LogP contribution in [0.4, 0.5) is 0 Å². The summed E-state index contributed by atoms with van der Waals surface area (Å²) in [5.41, 5.74) is -0.669. The number of methoxy groups -OCH3 is 1. The molecule has 1 amide bonds. The Kier molecular flexibility index (Phi) is 5.49. The molecule has 1 aliphatic rings. The fourth-order valence-electron chi connectivity index (χ4n) is 2.79. The molecule has 0 spiro atoms. The maximum Gasteiger partial charge on any atom is 0.313 e. The minimum absolute atomic E-state index is 0.0745. The van der Waals surface area contributed by atoms with E-state index in [1.54, 1.807) is 18.2 Å². The van der Waals surface area contributed by atoms with Crippen LogP contribution in [-0.2, 0) is 9.53 Å². The monoisotopic (exact) mass is 341 g/mol. The first-order valence-electron chi connectivity index (χ1n) is 7.37. The normalized spacial score (nSPS) is 20.6. The number of likely N-dealkylation sites (tertiary alicyclic amines) is 1. The van der Waals surface area contributed by atoms with Gasteiger partial charge in [0.15, 0.2) is 0 Å². The Balaban J connectivity index is 2.24. The average molecular weight is 342 g/mol. The van der Waals surface area contributed by atoms with Crippen molar-refractivity contribution >= 4 is 23.5 Å². The summed E-state index contributed by atoms with van der Waals surface area (Å²) in [5, 5.41) is 9.96. The highest BCUT2D eigenvalue weighted by Gasteiger charge is 2.46. The summed E-state index contributed by atoms with van der Waals surface area (Å²) in [5.74, 6) is -0.801. The van der Waals surface area contributed by atoms with E-state index in [1.165, 1.54) is 12.0 Å². The number of amides is 1. The van der Waals surface area contributed by atoms with E-state index in [0.717, 1.165) is 0 Å². The Morgan fingerprint density at radius 1 is 1.43 bits per heavy atom.